The number of likely N-dealkylation sites (N-methyl/N-ethyl adjacent to an activating group) is 1. The zero-order valence-corrected chi connectivity index (χ0v) is 22.9. The van der Waals surface area contributed by atoms with Crippen LogP contribution in [0.15, 0.2) is 30.3 Å². The molecule has 38 heavy (non-hydrogen) atoms. The van der Waals surface area contributed by atoms with Gasteiger partial charge in [0.05, 0.1) is 37.7 Å². The average molecular weight is 541 g/mol. The third kappa shape index (κ3) is 6.66. The number of aromatic nitrogens is 3. The Hall–Kier alpha value is -3.97. The van der Waals surface area contributed by atoms with Crippen LogP contribution in [0, 0.1) is 0 Å². The van der Waals surface area contributed by atoms with Crippen LogP contribution in [0.1, 0.15) is 27.9 Å². The van der Waals surface area contributed by atoms with Gasteiger partial charge in [-0.25, -0.2) is 9.78 Å². The number of methoxy groups -OCH3 is 2. The number of nitrogens with zero attached hydrogens (tertiary/aromatic N) is 5. The molecule has 13 heteroatoms. The summed E-state index contributed by atoms with van der Waals surface area (Å²) >= 11 is 1.40. The first-order valence-corrected chi connectivity index (χ1v) is 12.9. The molecule has 0 bridgehead atoms. The molecule has 1 aromatic carbocycles. The topological polar surface area (TPSA) is 134 Å². The number of para-hydroxylation sites is 1. The summed E-state index contributed by atoms with van der Waals surface area (Å²) in [4.78, 5) is 43.9. The molecule has 0 fully saturated rings. The first kappa shape index (κ1) is 27.1. The number of urea groups is 1. The van der Waals surface area contributed by atoms with Gasteiger partial charge in [-0.2, -0.15) is 9.97 Å². The number of rotatable bonds is 9. The van der Waals surface area contributed by atoms with Crippen molar-refractivity contribution >= 4 is 39.9 Å². The van der Waals surface area contributed by atoms with E-state index in [1.165, 1.54) is 18.4 Å². The fourth-order valence-corrected chi connectivity index (χ4v) is 5.15. The van der Waals surface area contributed by atoms with E-state index in [1.807, 2.05) is 25.9 Å². The minimum Gasteiger partial charge on any atom is -0.481 e. The van der Waals surface area contributed by atoms with Crippen LogP contribution in [0.5, 0.6) is 11.9 Å². The Kier molecular flexibility index (Phi) is 8.59. The van der Waals surface area contributed by atoms with Crippen LogP contribution in [0.3, 0.4) is 0 Å². The van der Waals surface area contributed by atoms with Gasteiger partial charge in [0.1, 0.15) is 5.82 Å². The van der Waals surface area contributed by atoms with E-state index < -0.39 is 6.03 Å². The predicted molar refractivity (Wildman–Crippen MR) is 147 cm³/mol. The van der Waals surface area contributed by atoms with Gasteiger partial charge in [-0.1, -0.05) is 23.5 Å². The van der Waals surface area contributed by atoms with Gasteiger partial charge in [-0.3, -0.25) is 10.1 Å². The van der Waals surface area contributed by atoms with E-state index >= 15 is 0 Å². The van der Waals surface area contributed by atoms with E-state index in [0.717, 1.165) is 10.6 Å². The quantitative estimate of drug-likeness (QED) is 0.375. The van der Waals surface area contributed by atoms with Crippen molar-refractivity contribution in [2.75, 3.05) is 56.9 Å². The smallest absolute Gasteiger partial charge is 0.325 e. The molecule has 3 amide bonds. The molecule has 1 unspecified atom stereocenters. The lowest BCUT2D eigenvalue weighted by atomic mass is 10.1. The maximum Gasteiger partial charge on any atom is 0.325 e. The Morgan fingerprint density at radius 3 is 2.66 bits per heavy atom. The lowest BCUT2D eigenvalue weighted by Gasteiger charge is -2.27. The van der Waals surface area contributed by atoms with Gasteiger partial charge in [0.25, 0.3) is 5.91 Å². The second-order valence-electron chi connectivity index (χ2n) is 9.08. The highest BCUT2D eigenvalue weighted by molar-refractivity contribution is 7.15. The van der Waals surface area contributed by atoms with Crippen molar-refractivity contribution in [2.45, 2.75) is 25.9 Å². The third-order valence-electron chi connectivity index (χ3n) is 5.77. The summed E-state index contributed by atoms with van der Waals surface area (Å²) < 4.78 is 10.5. The van der Waals surface area contributed by atoms with Crippen molar-refractivity contribution in [3.8, 4) is 11.9 Å². The summed E-state index contributed by atoms with van der Waals surface area (Å²) in [6.45, 7) is 3.91. The Morgan fingerprint density at radius 1 is 1.13 bits per heavy atom. The van der Waals surface area contributed by atoms with Gasteiger partial charge in [0, 0.05) is 36.5 Å². The molecular weight excluding hydrogens is 508 g/mol. The summed E-state index contributed by atoms with van der Waals surface area (Å²) in [6.07, 6.45) is 0.692. The fraction of sp³-hybridized carbons (Fsp3) is 0.400. The standard InChI is InChI=1S/C25H32N8O4S/c1-15(13-32(2)3)26-22(34)16-8-6-7-9-17(16)27-23(35)31-25-28-18-10-11-33(14-19(18)38-25)20-12-21(36-4)30-24(29-20)37-5/h6-9,12,15H,10-11,13-14H2,1-5H3,(H,26,34)(H2,27,28,31,35). The SMILES string of the molecule is COc1cc(N2CCc3nc(NC(=O)Nc4ccccc4C(=O)NC(C)CN(C)C)sc3C2)nc(OC)n1. The number of amides is 3. The maximum absolute atomic E-state index is 12.8. The van der Waals surface area contributed by atoms with Gasteiger partial charge < -0.3 is 29.9 Å². The van der Waals surface area contributed by atoms with Crippen molar-refractivity contribution in [1.29, 1.82) is 0 Å². The van der Waals surface area contributed by atoms with E-state index in [4.69, 9.17) is 9.47 Å². The number of ether oxygens (including phenoxy) is 2. The molecule has 0 spiro atoms. The number of benzene rings is 1. The van der Waals surface area contributed by atoms with Gasteiger partial charge in [-0.15, -0.1) is 0 Å². The van der Waals surface area contributed by atoms with Crippen LogP contribution < -0.4 is 30.3 Å². The number of fused-ring (bicyclic) bond motifs is 1. The number of carbonyl (C=O) groups is 2. The van der Waals surface area contributed by atoms with Crippen LogP contribution in [0.2, 0.25) is 0 Å². The molecule has 12 nitrogen and oxygen atoms in total. The van der Waals surface area contributed by atoms with E-state index in [2.05, 4.69) is 35.8 Å². The lowest BCUT2D eigenvalue weighted by molar-refractivity contribution is 0.0935. The highest BCUT2D eigenvalue weighted by Gasteiger charge is 2.24. The second-order valence-corrected chi connectivity index (χ2v) is 10.2. The third-order valence-corrected chi connectivity index (χ3v) is 6.77. The summed E-state index contributed by atoms with van der Waals surface area (Å²) in [5.41, 5.74) is 1.74. The molecule has 3 heterocycles. The molecule has 0 saturated heterocycles. The van der Waals surface area contributed by atoms with Gasteiger partial charge in [0.2, 0.25) is 5.88 Å². The Morgan fingerprint density at radius 2 is 1.92 bits per heavy atom. The van der Waals surface area contributed by atoms with Crippen LogP contribution in [-0.2, 0) is 13.0 Å². The molecular formula is C25H32N8O4S. The minimum absolute atomic E-state index is 0.0508. The Bertz CT molecular complexity index is 1280. The molecule has 0 aliphatic carbocycles. The van der Waals surface area contributed by atoms with E-state index in [1.54, 1.807) is 37.4 Å². The minimum atomic E-state index is -0.472. The van der Waals surface area contributed by atoms with Crippen molar-refractivity contribution in [3.63, 3.8) is 0 Å². The van der Waals surface area contributed by atoms with E-state index in [9.17, 15) is 9.59 Å². The Balaban J connectivity index is 1.41. The van der Waals surface area contributed by atoms with Gasteiger partial charge in [0.15, 0.2) is 5.13 Å². The zero-order chi connectivity index (χ0) is 27.2. The van der Waals surface area contributed by atoms with E-state index in [0.29, 0.717) is 54.1 Å². The molecule has 202 valence electrons. The number of hydrogen-bond acceptors (Lipinski definition) is 10. The van der Waals surface area contributed by atoms with Gasteiger partial charge >= 0.3 is 12.0 Å². The molecule has 2 aromatic heterocycles. The van der Waals surface area contributed by atoms with Crippen molar-refractivity contribution < 1.29 is 19.1 Å². The largest absolute Gasteiger partial charge is 0.481 e. The van der Waals surface area contributed by atoms with Crippen molar-refractivity contribution in [3.05, 3.63) is 46.5 Å². The summed E-state index contributed by atoms with van der Waals surface area (Å²) in [7, 11) is 6.94. The zero-order valence-electron chi connectivity index (χ0n) is 22.1. The number of hydrogen-bond donors (Lipinski definition) is 3. The molecule has 0 saturated carbocycles. The molecule has 3 aromatic rings. The van der Waals surface area contributed by atoms with Crippen molar-refractivity contribution in [1.82, 2.24) is 25.2 Å². The highest BCUT2D eigenvalue weighted by atomic mass is 32.1. The van der Waals surface area contributed by atoms with Crippen LogP contribution in [0.4, 0.5) is 21.4 Å². The van der Waals surface area contributed by atoms with E-state index in [-0.39, 0.29) is 18.0 Å². The molecule has 1 aliphatic rings. The summed E-state index contributed by atoms with van der Waals surface area (Å²) in [5, 5.41) is 9.04. The fourth-order valence-electron chi connectivity index (χ4n) is 4.13. The molecule has 4 rings (SSSR count). The second kappa shape index (κ2) is 12.0. The molecule has 1 aliphatic heterocycles. The lowest BCUT2D eigenvalue weighted by Crippen LogP contribution is -2.39. The number of nitrogens with one attached hydrogen (secondary N) is 3. The predicted octanol–water partition coefficient (Wildman–Crippen LogP) is 2.84. The van der Waals surface area contributed by atoms with Gasteiger partial charge in [-0.05, 0) is 33.2 Å². The maximum atomic E-state index is 12.8. The van der Waals surface area contributed by atoms with Crippen LogP contribution in [0.25, 0.3) is 0 Å². The molecule has 1 atom stereocenters. The number of thiazole rings is 1. The van der Waals surface area contributed by atoms with Crippen LogP contribution >= 0.6 is 11.3 Å². The number of carbonyl (C=O) groups excluding carboxylic acids is 2. The monoisotopic (exact) mass is 540 g/mol. The summed E-state index contributed by atoms with van der Waals surface area (Å²) in [5.74, 6) is 0.856. The first-order chi connectivity index (χ1) is 18.2. The van der Waals surface area contributed by atoms with Crippen LogP contribution in [-0.4, -0.2) is 79.2 Å². The molecule has 3 N–H and O–H groups in total. The van der Waals surface area contributed by atoms with Crippen molar-refractivity contribution in [2.24, 2.45) is 0 Å². The summed E-state index contributed by atoms with van der Waals surface area (Å²) in [6, 6.07) is 8.37. The highest BCUT2D eigenvalue weighted by Crippen LogP contribution is 2.31. The first-order valence-electron chi connectivity index (χ1n) is 12.1. The molecule has 0 radical (unpaired) electrons. The average Bonchev–Trinajstić information content (AvgIpc) is 3.29. The number of anilines is 3. The normalized spacial score (nSPS) is 13.5. The Labute approximate surface area is 225 Å².